The van der Waals surface area contributed by atoms with E-state index < -0.39 is 5.97 Å². The molecule has 0 atom stereocenters. The lowest BCUT2D eigenvalue weighted by molar-refractivity contribution is 0.0697. The summed E-state index contributed by atoms with van der Waals surface area (Å²) in [7, 11) is 0. The van der Waals surface area contributed by atoms with Gasteiger partial charge in [-0.05, 0) is 24.1 Å². The van der Waals surface area contributed by atoms with Crippen LogP contribution in [0, 0.1) is 0 Å². The Labute approximate surface area is 120 Å². The van der Waals surface area contributed by atoms with Gasteiger partial charge in [-0.3, -0.25) is 4.98 Å². The van der Waals surface area contributed by atoms with Gasteiger partial charge in [0.25, 0.3) is 0 Å². The van der Waals surface area contributed by atoms with Gasteiger partial charge in [-0.1, -0.05) is 12.1 Å². The van der Waals surface area contributed by atoms with Gasteiger partial charge in [0.15, 0.2) is 5.65 Å². The number of carboxylic acids is 1. The average molecular weight is 283 g/mol. The number of carbonyl (C=O) groups is 1. The molecule has 0 aliphatic rings. The molecule has 0 aliphatic heterocycles. The molecule has 0 bridgehead atoms. The highest BCUT2D eigenvalue weighted by Gasteiger charge is 2.04. The summed E-state index contributed by atoms with van der Waals surface area (Å²) in [4.78, 5) is 19.1. The van der Waals surface area contributed by atoms with E-state index in [4.69, 9.17) is 5.11 Å². The number of aromatic nitrogens is 4. The SMILES string of the molecule is O=C(O)c1cccc(CCNc2cncc3ncnn23)c1. The van der Waals surface area contributed by atoms with Crippen molar-refractivity contribution in [2.24, 2.45) is 0 Å². The Kier molecular flexibility index (Phi) is 3.46. The first-order chi connectivity index (χ1) is 10.2. The van der Waals surface area contributed by atoms with E-state index >= 15 is 0 Å². The summed E-state index contributed by atoms with van der Waals surface area (Å²) in [6.07, 6.45) is 5.48. The zero-order valence-corrected chi connectivity index (χ0v) is 11.1. The number of nitrogens with zero attached hydrogens (tertiary/aromatic N) is 4. The first-order valence-electron chi connectivity index (χ1n) is 6.44. The van der Waals surface area contributed by atoms with E-state index in [1.54, 1.807) is 35.1 Å². The third kappa shape index (κ3) is 2.81. The highest BCUT2D eigenvalue weighted by molar-refractivity contribution is 5.87. The summed E-state index contributed by atoms with van der Waals surface area (Å²) in [5.74, 6) is -0.166. The standard InChI is InChI=1S/C14H13N5O2/c20-14(21)11-3-1-2-10(6-11)4-5-16-12-7-15-8-13-17-9-18-19(12)13/h1-3,6-9,16H,4-5H2,(H,20,21). The minimum Gasteiger partial charge on any atom is -0.478 e. The first kappa shape index (κ1) is 13.0. The lowest BCUT2D eigenvalue weighted by atomic mass is 10.1. The van der Waals surface area contributed by atoms with Crippen molar-refractivity contribution in [2.45, 2.75) is 6.42 Å². The van der Waals surface area contributed by atoms with Crippen molar-refractivity contribution in [1.82, 2.24) is 19.6 Å². The van der Waals surface area contributed by atoms with E-state index in [1.165, 1.54) is 6.33 Å². The fraction of sp³-hybridized carbons (Fsp3) is 0.143. The van der Waals surface area contributed by atoms with Crippen molar-refractivity contribution >= 4 is 17.4 Å². The summed E-state index contributed by atoms with van der Waals surface area (Å²) in [6, 6.07) is 6.92. The van der Waals surface area contributed by atoms with Crippen LogP contribution < -0.4 is 5.32 Å². The Bertz CT molecular complexity index is 784. The maximum atomic E-state index is 10.9. The van der Waals surface area contributed by atoms with Crippen LogP contribution in [-0.2, 0) is 6.42 Å². The summed E-state index contributed by atoms with van der Waals surface area (Å²) in [5, 5.41) is 16.3. The average Bonchev–Trinajstić information content (AvgIpc) is 2.97. The van der Waals surface area contributed by atoms with Gasteiger partial charge in [0.1, 0.15) is 12.1 Å². The van der Waals surface area contributed by atoms with Crippen molar-refractivity contribution in [3.63, 3.8) is 0 Å². The predicted octanol–water partition coefficient (Wildman–Crippen LogP) is 1.48. The number of rotatable bonds is 5. The number of nitrogens with one attached hydrogen (secondary N) is 1. The van der Waals surface area contributed by atoms with Gasteiger partial charge in [-0.25, -0.2) is 9.78 Å². The molecule has 3 rings (SSSR count). The molecule has 0 amide bonds. The molecule has 1 aromatic carbocycles. The van der Waals surface area contributed by atoms with E-state index in [0.717, 1.165) is 11.4 Å². The minimum absolute atomic E-state index is 0.299. The lowest BCUT2D eigenvalue weighted by Crippen LogP contribution is -2.09. The molecule has 2 aromatic heterocycles. The number of hydrogen-bond acceptors (Lipinski definition) is 5. The zero-order chi connectivity index (χ0) is 14.7. The molecule has 0 spiro atoms. The Morgan fingerprint density at radius 1 is 1.33 bits per heavy atom. The van der Waals surface area contributed by atoms with Gasteiger partial charge in [-0.2, -0.15) is 9.61 Å². The topological polar surface area (TPSA) is 92.4 Å². The molecule has 7 heteroatoms. The van der Waals surface area contributed by atoms with Crippen LogP contribution in [-0.4, -0.2) is 37.2 Å². The van der Waals surface area contributed by atoms with Crippen molar-refractivity contribution in [2.75, 3.05) is 11.9 Å². The third-order valence-corrected chi connectivity index (χ3v) is 3.08. The van der Waals surface area contributed by atoms with E-state index in [9.17, 15) is 4.79 Å². The van der Waals surface area contributed by atoms with Crippen molar-refractivity contribution in [1.29, 1.82) is 0 Å². The number of anilines is 1. The zero-order valence-electron chi connectivity index (χ0n) is 11.1. The van der Waals surface area contributed by atoms with Crippen molar-refractivity contribution in [3.05, 3.63) is 54.1 Å². The first-order valence-corrected chi connectivity index (χ1v) is 6.44. The molecule has 0 unspecified atom stereocenters. The van der Waals surface area contributed by atoms with Crippen LogP contribution in [0.3, 0.4) is 0 Å². The quantitative estimate of drug-likeness (QED) is 0.736. The van der Waals surface area contributed by atoms with Crippen LogP contribution >= 0.6 is 0 Å². The van der Waals surface area contributed by atoms with Crippen LogP contribution in [0.4, 0.5) is 5.82 Å². The van der Waals surface area contributed by atoms with Crippen LogP contribution in [0.2, 0.25) is 0 Å². The van der Waals surface area contributed by atoms with Gasteiger partial charge >= 0.3 is 5.97 Å². The normalized spacial score (nSPS) is 10.7. The van der Waals surface area contributed by atoms with Crippen molar-refractivity contribution < 1.29 is 9.90 Å². The van der Waals surface area contributed by atoms with E-state index in [0.29, 0.717) is 24.2 Å². The maximum absolute atomic E-state index is 10.9. The maximum Gasteiger partial charge on any atom is 0.335 e. The smallest absolute Gasteiger partial charge is 0.335 e. The highest BCUT2D eigenvalue weighted by Crippen LogP contribution is 2.09. The predicted molar refractivity (Wildman–Crippen MR) is 76.4 cm³/mol. The molecular weight excluding hydrogens is 270 g/mol. The number of carboxylic acid groups (broad SMARTS) is 1. The second-order valence-corrected chi connectivity index (χ2v) is 4.50. The minimum atomic E-state index is -0.915. The Morgan fingerprint density at radius 2 is 2.24 bits per heavy atom. The molecular formula is C14H13N5O2. The van der Waals surface area contributed by atoms with E-state index in [2.05, 4.69) is 20.4 Å². The van der Waals surface area contributed by atoms with Crippen LogP contribution in [0.25, 0.3) is 5.65 Å². The molecule has 0 aliphatic carbocycles. The second-order valence-electron chi connectivity index (χ2n) is 4.50. The number of benzene rings is 1. The molecule has 2 heterocycles. The van der Waals surface area contributed by atoms with Crippen molar-refractivity contribution in [3.8, 4) is 0 Å². The van der Waals surface area contributed by atoms with Crippen LogP contribution in [0.15, 0.2) is 43.0 Å². The molecule has 21 heavy (non-hydrogen) atoms. The highest BCUT2D eigenvalue weighted by atomic mass is 16.4. The molecule has 0 saturated carbocycles. The Hall–Kier alpha value is -2.96. The summed E-state index contributed by atoms with van der Waals surface area (Å²) < 4.78 is 1.67. The molecule has 106 valence electrons. The summed E-state index contributed by atoms with van der Waals surface area (Å²) in [5.41, 5.74) is 1.93. The molecule has 0 radical (unpaired) electrons. The molecule has 7 nitrogen and oxygen atoms in total. The van der Waals surface area contributed by atoms with Gasteiger partial charge in [0, 0.05) is 6.54 Å². The molecule has 0 fully saturated rings. The second kappa shape index (κ2) is 5.58. The fourth-order valence-corrected chi connectivity index (χ4v) is 2.07. The Morgan fingerprint density at radius 3 is 3.10 bits per heavy atom. The fourth-order valence-electron chi connectivity index (χ4n) is 2.07. The lowest BCUT2D eigenvalue weighted by Gasteiger charge is -2.07. The largest absolute Gasteiger partial charge is 0.478 e. The molecule has 2 N–H and O–H groups in total. The summed E-state index contributed by atoms with van der Waals surface area (Å²) in [6.45, 7) is 0.643. The molecule has 0 saturated heterocycles. The van der Waals surface area contributed by atoms with Gasteiger partial charge in [0.2, 0.25) is 0 Å². The van der Waals surface area contributed by atoms with E-state index in [-0.39, 0.29) is 0 Å². The van der Waals surface area contributed by atoms with Gasteiger partial charge < -0.3 is 10.4 Å². The third-order valence-electron chi connectivity index (χ3n) is 3.08. The number of hydrogen-bond donors (Lipinski definition) is 2. The summed E-state index contributed by atoms with van der Waals surface area (Å²) >= 11 is 0. The number of fused-ring (bicyclic) bond motifs is 1. The van der Waals surface area contributed by atoms with Gasteiger partial charge in [0.05, 0.1) is 18.0 Å². The van der Waals surface area contributed by atoms with Crippen LogP contribution in [0.1, 0.15) is 15.9 Å². The number of aromatic carboxylic acids is 1. The monoisotopic (exact) mass is 283 g/mol. The van der Waals surface area contributed by atoms with Gasteiger partial charge in [-0.15, -0.1) is 0 Å². The van der Waals surface area contributed by atoms with Crippen LogP contribution in [0.5, 0.6) is 0 Å². The Balaban J connectivity index is 1.67. The molecule has 3 aromatic rings. The van der Waals surface area contributed by atoms with E-state index in [1.807, 2.05) is 6.07 Å².